The summed E-state index contributed by atoms with van der Waals surface area (Å²) >= 11 is 0. The van der Waals surface area contributed by atoms with Gasteiger partial charge in [0, 0.05) is 31.3 Å². The van der Waals surface area contributed by atoms with Gasteiger partial charge >= 0.3 is 0 Å². The quantitative estimate of drug-likeness (QED) is 0.842. The molecule has 19 heavy (non-hydrogen) atoms. The number of benzene rings is 1. The summed E-state index contributed by atoms with van der Waals surface area (Å²) < 4.78 is 0. The fourth-order valence-electron chi connectivity index (χ4n) is 2.22. The van der Waals surface area contributed by atoms with Crippen molar-refractivity contribution in [3.05, 3.63) is 29.8 Å². The number of carbonyl (C=O) groups excluding carboxylic acids is 2. The minimum Gasteiger partial charge on any atom is -0.391 e. The van der Waals surface area contributed by atoms with Gasteiger partial charge in [-0.15, -0.1) is 0 Å². The summed E-state index contributed by atoms with van der Waals surface area (Å²) in [5.41, 5.74) is 1.24. The van der Waals surface area contributed by atoms with Crippen molar-refractivity contribution in [2.24, 2.45) is 0 Å². The molecule has 1 aliphatic rings. The summed E-state index contributed by atoms with van der Waals surface area (Å²) in [4.78, 5) is 24.8. The van der Waals surface area contributed by atoms with Gasteiger partial charge in [0.1, 0.15) is 0 Å². The summed E-state index contributed by atoms with van der Waals surface area (Å²) in [6, 6.07) is 6.78. The molecule has 1 heterocycles. The zero-order chi connectivity index (χ0) is 13.8. The Balaban J connectivity index is 2.04. The van der Waals surface area contributed by atoms with Crippen LogP contribution in [0.3, 0.4) is 0 Å². The van der Waals surface area contributed by atoms with Gasteiger partial charge in [-0.25, -0.2) is 0 Å². The Morgan fingerprint density at radius 3 is 2.58 bits per heavy atom. The standard InChI is InChI=1S/C14H18N2O3/c1-10(17)15-12-6-4-11(5-7-12)14(19)16-8-2-3-13(18)9-16/h4-7,13,18H,2-3,8-9H2,1H3,(H,15,17)/t13-/m0/s1. The molecule has 1 aliphatic heterocycles. The molecule has 0 aromatic heterocycles. The molecule has 0 saturated carbocycles. The van der Waals surface area contributed by atoms with Crippen molar-refractivity contribution in [1.29, 1.82) is 0 Å². The number of hydrogen-bond acceptors (Lipinski definition) is 3. The van der Waals surface area contributed by atoms with Gasteiger partial charge in [-0.1, -0.05) is 0 Å². The van der Waals surface area contributed by atoms with E-state index in [0.717, 1.165) is 12.8 Å². The minimum atomic E-state index is -0.420. The normalized spacial score (nSPS) is 19.1. The van der Waals surface area contributed by atoms with E-state index in [4.69, 9.17) is 0 Å². The number of β-amino-alcohol motifs (C(OH)–C–C–N with tert-alkyl or cyclic N) is 1. The first-order valence-corrected chi connectivity index (χ1v) is 6.41. The Labute approximate surface area is 112 Å². The van der Waals surface area contributed by atoms with Crippen LogP contribution in [-0.4, -0.2) is 41.0 Å². The van der Waals surface area contributed by atoms with E-state index >= 15 is 0 Å². The number of anilines is 1. The zero-order valence-corrected chi connectivity index (χ0v) is 10.9. The number of piperidine rings is 1. The SMILES string of the molecule is CC(=O)Nc1ccc(C(=O)N2CCC[C@H](O)C2)cc1. The molecular weight excluding hydrogens is 244 g/mol. The van der Waals surface area contributed by atoms with E-state index in [1.165, 1.54) is 6.92 Å². The Kier molecular flexibility index (Phi) is 4.16. The van der Waals surface area contributed by atoms with Gasteiger partial charge in [-0.05, 0) is 37.1 Å². The predicted molar refractivity (Wildman–Crippen MR) is 71.9 cm³/mol. The molecule has 1 saturated heterocycles. The highest BCUT2D eigenvalue weighted by atomic mass is 16.3. The topological polar surface area (TPSA) is 69.6 Å². The zero-order valence-electron chi connectivity index (χ0n) is 10.9. The van der Waals surface area contributed by atoms with Gasteiger partial charge in [0.25, 0.3) is 5.91 Å². The maximum absolute atomic E-state index is 12.2. The molecule has 5 nitrogen and oxygen atoms in total. The molecule has 0 aliphatic carbocycles. The summed E-state index contributed by atoms with van der Waals surface area (Å²) in [5.74, 6) is -0.216. The number of carbonyl (C=O) groups is 2. The van der Waals surface area contributed by atoms with Gasteiger partial charge < -0.3 is 15.3 Å². The first kappa shape index (κ1) is 13.5. The lowest BCUT2D eigenvalue weighted by molar-refractivity contribution is -0.114. The highest BCUT2D eigenvalue weighted by Gasteiger charge is 2.22. The summed E-state index contributed by atoms with van der Waals surface area (Å²) in [6.45, 7) is 2.52. The van der Waals surface area contributed by atoms with E-state index in [1.54, 1.807) is 29.2 Å². The highest BCUT2D eigenvalue weighted by Crippen LogP contribution is 2.15. The van der Waals surface area contributed by atoms with E-state index in [2.05, 4.69) is 5.32 Å². The third-order valence-corrected chi connectivity index (χ3v) is 3.14. The molecule has 0 bridgehead atoms. The summed E-state index contributed by atoms with van der Waals surface area (Å²) in [5, 5.41) is 12.2. The largest absolute Gasteiger partial charge is 0.391 e. The molecule has 2 N–H and O–H groups in total. The number of amides is 2. The molecule has 0 unspecified atom stereocenters. The van der Waals surface area contributed by atoms with Gasteiger partial charge in [0.15, 0.2) is 0 Å². The lowest BCUT2D eigenvalue weighted by Crippen LogP contribution is -2.42. The smallest absolute Gasteiger partial charge is 0.253 e. The second kappa shape index (κ2) is 5.84. The van der Waals surface area contributed by atoms with Crippen molar-refractivity contribution >= 4 is 17.5 Å². The monoisotopic (exact) mass is 262 g/mol. The molecule has 0 radical (unpaired) electrons. The van der Waals surface area contributed by atoms with Crippen LogP contribution in [0.15, 0.2) is 24.3 Å². The minimum absolute atomic E-state index is 0.0758. The Bertz CT molecular complexity index is 470. The molecule has 2 amide bonds. The molecule has 1 aromatic rings. The van der Waals surface area contributed by atoms with Crippen molar-refractivity contribution in [2.45, 2.75) is 25.9 Å². The van der Waals surface area contributed by atoms with E-state index in [1.807, 2.05) is 0 Å². The van der Waals surface area contributed by atoms with Crippen molar-refractivity contribution < 1.29 is 14.7 Å². The average molecular weight is 262 g/mol. The van der Waals surface area contributed by atoms with E-state index in [9.17, 15) is 14.7 Å². The van der Waals surface area contributed by atoms with Gasteiger partial charge in [0.2, 0.25) is 5.91 Å². The van der Waals surface area contributed by atoms with E-state index in [0.29, 0.717) is 24.3 Å². The van der Waals surface area contributed by atoms with Crippen LogP contribution in [0.1, 0.15) is 30.1 Å². The van der Waals surface area contributed by atoms with E-state index in [-0.39, 0.29) is 11.8 Å². The maximum Gasteiger partial charge on any atom is 0.253 e. The molecular formula is C14H18N2O3. The lowest BCUT2D eigenvalue weighted by atomic mass is 10.1. The Hall–Kier alpha value is -1.88. The first-order chi connectivity index (χ1) is 9.06. The van der Waals surface area contributed by atoms with Crippen LogP contribution < -0.4 is 5.32 Å². The maximum atomic E-state index is 12.2. The van der Waals surface area contributed by atoms with Crippen molar-refractivity contribution in [3.63, 3.8) is 0 Å². The first-order valence-electron chi connectivity index (χ1n) is 6.41. The molecule has 1 fully saturated rings. The molecule has 5 heteroatoms. The third kappa shape index (κ3) is 3.54. The number of hydrogen-bond donors (Lipinski definition) is 2. The molecule has 102 valence electrons. The Morgan fingerprint density at radius 2 is 2.00 bits per heavy atom. The number of aliphatic hydroxyl groups excluding tert-OH is 1. The van der Waals surface area contributed by atoms with Crippen LogP contribution in [-0.2, 0) is 4.79 Å². The fraction of sp³-hybridized carbons (Fsp3) is 0.429. The van der Waals surface area contributed by atoms with Crippen LogP contribution in [0.4, 0.5) is 5.69 Å². The van der Waals surface area contributed by atoms with Crippen LogP contribution in [0.2, 0.25) is 0 Å². The van der Waals surface area contributed by atoms with Gasteiger partial charge in [-0.2, -0.15) is 0 Å². The predicted octanol–water partition coefficient (Wildman–Crippen LogP) is 1.24. The number of aliphatic hydroxyl groups is 1. The third-order valence-electron chi connectivity index (χ3n) is 3.14. The Morgan fingerprint density at radius 1 is 1.32 bits per heavy atom. The number of nitrogens with zero attached hydrogens (tertiary/aromatic N) is 1. The second-order valence-corrected chi connectivity index (χ2v) is 4.81. The molecule has 1 aromatic carbocycles. The fourth-order valence-corrected chi connectivity index (χ4v) is 2.22. The van der Waals surface area contributed by atoms with E-state index < -0.39 is 6.10 Å². The average Bonchev–Trinajstić information content (AvgIpc) is 2.38. The van der Waals surface area contributed by atoms with Crippen molar-refractivity contribution in [3.8, 4) is 0 Å². The number of likely N-dealkylation sites (tertiary alicyclic amines) is 1. The number of rotatable bonds is 2. The summed E-state index contributed by atoms with van der Waals surface area (Å²) in [6.07, 6.45) is 1.17. The highest BCUT2D eigenvalue weighted by molar-refractivity contribution is 5.95. The molecule has 1 atom stereocenters. The summed E-state index contributed by atoms with van der Waals surface area (Å²) in [7, 11) is 0. The number of nitrogens with one attached hydrogen (secondary N) is 1. The van der Waals surface area contributed by atoms with Crippen molar-refractivity contribution in [1.82, 2.24) is 4.90 Å². The van der Waals surface area contributed by atoms with Crippen LogP contribution in [0.25, 0.3) is 0 Å². The van der Waals surface area contributed by atoms with Crippen LogP contribution in [0.5, 0.6) is 0 Å². The molecule has 0 spiro atoms. The van der Waals surface area contributed by atoms with Gasteiger partial charge in [-0.3, -0.25) is 9.59 Å². The van der Waals surface area contributed by atoms with Crippen molar-refractivity contribution in [2.75, 3.05) is 18.4 Å². The van der Waals surface area contributed by atoms with Crippen LogP contribution >= 0.6 is 0 Å². The molecule has 2 rings (SSSR count). The lowest BCUT2D eigenvalue weighted by Gasteiger charge is -2.30. The van der Waals surface area contributed by atoms with Gasteiger partial charge in [0.05, 0.1) is 6.10 Å². The second-order valence-electron chi connectivity index (χ2n) is 4.81. The van der Waals surface area contributed by atoms with Crippen LogP contribution in [0, 0.1) is 0 Å².